The summed E-state index contributed by atoms with van der Waals surface area (Å²) in [5, 5.41) is 17.3. The second-order valence-corrected chi connectivity index (χ2v) is 6.94. The molecule has 0 aliphatic carbocycles. The molecule has 0 fully saturated rings. The van der Waals surface area contributed by atoms with E-state index in [0.717, 1.165) is 5.69 Å². The number of anilines is 3. The van der Waals surface area contributed by atoms with E-state index in [1.54, 1.807) is 48.8 Å². The Morgan fingerprint density at radius 1 is 0.879 bits per heavy atom. The van der Waals surface area contributed by atoms with Crippen LogP contribution in [-0.2, 0) is 0 Å². The van der Waals surface area contributed by atoms with Crippen LogP contribution in [0.15, 0.2) is 85.2 Å². The average molecular weight is 444 g/mol. The molecule has 33 heavy (non-hydrogen) atoms. The van der Waals surface area contributed by atoms with Crippen LogP contribution < -0.4 is 20.7 Å². The first-order valence-corrected chi connectivity index (χ1v) is 10.2. The summed E-state index contributed by atoms with van der Waals surface area (Å²) in [6.45, 7) is 0.862. The molecular formula is C24H21FN6O2. The minimum absolute atomic E-state index is 0.233. The highest BCUT2D eigenvalue weighted by atomic mass is 19.1. The van der Waals surface area contributed by atoms with Gasteiger partial charge in [0.25, 0.3) is 5.91 Å². The van der Waals surface area contributed by atoms with Crippen molar-refractivity contribution in [2.45, 2.75) is 0 Å². The lowest BCUT2D eigenvalue weighted by molar-refractivity contribution is 0.0955. The normalized spacial score (nSPS) is 10.3. The summed E-state index contributed by atoms with van der Waals surface area (Å²) in [7, 11) is 0. The molecule has 0 atom stereocenters. The maximum Gasteiger partial charge on any atom is 0.251 e. The smallest absolute Gasteiger partial charge is 0.251 e. The third kappa shape index (κ3) is 6.47. The maximum absolute atomic E-state index is 13.0. The molecule has 0 spiro atoms. The van der Waals surface area contributed by atoms with Crippen molar-refractivity contribution < 1.29 is 13.9 Å². The van der Waals surface area contributed by atoms with E-state index < -0.39 is 0 Å². The molecule has 1 amide bonds. The summed E-state index contributed by atoms with van der Waals surface area (Å²) in [6.07, 6.45) is 3.39. The number of nitrogens with zero attached hydrogens (tertiary/aromatic N) is 3. The Labute approximate surface area is 189 Å². The lowest BCUT2D eigenvalue weighted by Crippen LogP contribution is -2.28. The van der Waals surface area contributed by atoms with Gasteiger partial charge in [-0.1, -0.05) is 6.07 Å². The van der Waals surface area contributed by atoms with Crippen molar-refractivity contribution in [3.63, 3.8) is 0 Å². The first-order chi connectivity index (χ1) is 16.2. The average Bonchev–Trinajstić information content (AvgIpc) is 2.85. The predicted octanol–water partition coefficient (Wildman–Crippen LogP) is 4.39. The van der Waals surface area contributed by atoms with Crippen LogP contribution in [0.25, 0.3) is 0 Å². The first-order valence-electron chi connectivity index (χ1n) is 10.2. The molecule has 9 heteroatoms. The number of ether oxygens (including phenoxy) is 1. The molecule has 0 radical (unpaired) electrons. The van der Waals surface area contributed by atoms with Crippen LogP contribution in [0, 0.1) is 5.82 Å². The van der Waals surface area contributed by atoms with Crippen LogP contribution in [0.2, 0.25) is 0 Å². The number of benzene rings is 2. The standard InChI is InChI=1S/C24H21FN6O2/c25-18-6-8-20(9-7-18)33-21-5-1-3-17(15-21)24(32)28-14-13-27-22-10-11-23(31-30-22)29-19-4-2-12-26-16-19/h1-12,15-16H,13-14H2,(H,27,30)(H,28,32)(H,29,31). The summed E-state index contributed by atoms with van der Waals surface area (Å²) >= 11 is 0. The van der Waals surface area contributed by atoms with E-state index in [4.69, 9.17) is 4.74 Å². The molecule has 0 aliphatic heterocycles. The molecule has 2 heterocycles. The zero-order valence-electron chi connectivity index (χ0n) is 17.5. The SMILES string of the molecule is O=C(NCCNc1ccc(Nc2cccnc2)nn1)c1cccc(Oc2ccc(F)cc2)c1. The fourth-order valence-corrected chi connectivity index (χ4v) is 2.89. The minimum atomic E-state index is -0.340. The molecule has 8 nitrogen and oxygen atoms in total. The molecule has 4 aromatic rings. The molecule has 2 aromatic heterocycles. The van der Waals surface area contributed by atoms with Crippen molar-refractivity contribution in [3.8, 4) is 11.5 Å². The Morgan fingerprint density at radius 2 is 1.70 bits per heavy atom. The van der Waals surface area contributed by atoms with Gasteiger partial charge in [-0.2, -0.15) is 0 Å². The topological polar surface area (TPSA) is 101 Å². The van der Waals surface area contributed by atoms with Crippen molar-refractivity contribution in [1.29, 1.82) is 0 Å². The molecule has 166 valence electrons. The van der Waals surface area contributed by atoms with Gasteiger partial charge in [-0.15, -0.1) is 10.2 Å². The molecule has 0 aliphatic rings. The van der Waals surface area contributed by atoms with Gasteiger partial charge in [0.2, 0.25) is 0 Å². The monoisotopic (exact) mass is 444 g/mol. The van der Waals surface area contributed by atoms with Gasteiger partial charge >= 0.3 is 0 Å². The number of hydrogen-bond donors (Lipinski definition) is 3. The van der Waals surface area contributed by atoms with Gasteiger partial charge in [0.15, 0.2) is 5.82 Å². The molecule has 3 N–H and O–H groups in total. The van der Waals surface area contributed by atoms with Crippen LogP contribution in [0.5, 0.6) is 11.5 Å². The van der Waals surface area contributed by atoms with E-state index in [-0.39, 0.29) is 11.7 Å². The Kier molecular flexibility index (Phi) is 7.01. The van der Waals surface area contributed by atoms with Gasteiger partial charge in [0.05, 0.1) is 11.9 Å². The van der Waals surface area contributed by atoms with Crippen molar-refractivity contribution >= 4 is 23.2 Å². The summed E-state index contributed by atoms with van der Waals surface area (Å²) < 4.78 is 18.7. The fraction of sp³-hybridized carbons (Fsp3) is 0.0833. The van der Waals surface area contributed by atoms with Crippen molar-refractivity contribution in [2.75, 3.05) is 23.7 Å². The number of carbonyl (C=O) groups is 1. The Balaban J connectivity index is 1.23. The lowest BCUT2D eigenvalue weighted by Gasteiger charge is -2.10. The van der Waals surface area contributed by atoms with Crippen LogP contribution in [0.4, 0.5) is 21.7 Å². The lowest BCUT2D eigenvalue weighted by atomic mass is 10.2. The summed E-state index contributed by atoms with van der Waals surface area (Å²) in [5.41, 5.74) is 1.28. The number of hydrogen-bond acceptors (Lipinski definition) is 7. The van der Waals surface area contributed by atoms with Crippen molar-refractivity contribution in [2.24, 2.45) is 0 Å². The third-order valence-corrected chi connectivity index (χ3v) is 4.46. The van der Waals surface area contributed by atoms with Crippen molar-refractivity contribution in [1.82, 2.24) is 20.5 Å². The van der Waals surface area contributed by atoms with Crippen LogP contribution >= 0.6 is 0 Å². The molecule has 4 rings (SSSR count). The molecule has 0 bridgehead atoms. The van der Waals surface area contributed by atoms with Gasteiger partial charge in [0, 0.05) is 24.8 Å². The van der Waals surface area contributed by atoms with E-state index >= 15 is 0 Å². The van der Waals surface area contributed by atoms with Crippen LogP contribution in [-0.4, -0.2) is 34.2 Å². The van der Waals surface area contributed by atoms with Gasteiger partial charge in [0.1, 0.15) is 23.1 Å². The molecular weight excluding hydrogens is 423 g/mol. The Morgan fingerprint density at radius 3 is 2.45 bits per heavy atom. The fourth-order valence-electron chi connectivity index (χ4n) is 2.89. The number of halogens is 1. The van der Waals surface area contributed by atoms with E-state index in [1.807, 2.05) is 12.1 Å². The summed E-state index contributed by atoms with van der Waals surface area (Å²) in [5.74, 6) is 1.60. The predicted molar refractivity (Wildman–Crippen MR) is 123 cm³/mol. The van der Waals surface area contributed by atoms with E-state index in [0.29, 0.717) is 41.8 Å². The van der Waals surface area contributed by atoms with Gasteiger partial charge < -0.3 is 20.7 Å². The number of pyridine rings is 1. The van der Waals surface area contributed by atoms with E-state index in [9.17, 15) is 9.18 Å². The first kappa shape index (κ1) is 21.7. The zero-order chi connectivity index (χ0) is 22.9. The van der Waals surface area contributed by atoms with Crippen molar-refractivity contribution in [3.05, 3.63) is 96.6 Å². The van der Waals surface area contributed by atoms with Crippen LogP contribution in [0.1, 0.15) is 10.4 Å². The van der Waals surface area contributed by atoms with Gasteiger partial charge in [-0.05, 0) is 66.7 Å². The van der Waals surface area contributed by atoms with E-state index in [1.165, 1.54) is 24.3 Å². The number of nitrogens with one attached hydrogen (secondary N) is 3. The van der Waals surface area contributed by atoms with Gasteiger partial charge in [-0.3, -0.25) is 9.78 Å². The number of amides is 1. The Bertz CT molecular complexity index is 1190. The molecule has 0 saturated heterocycles. The zero-order valence-corrected chi connectivity index (χ0v) is 17.5. The largest absolute Gasteiger partial charge is 0.457 e. The third-order valence-electron chi connectivity index (χ3n) is 4.46. The second kappa shape index (κ2) is 10.7. The van der Waals surface area contributed by atoms with E-state index in [2.05, 4.69) is 31.1 Å². The minimum Gasteiger partial charge on any atom is -0.457 e. The highest BCUT2D eigenvalue weighted by Crippen LogP contribution is 2.22. The van der Waals surface area contributed by atoms with Gasteiger partial charge in [-0.25, -0.2) is 4.39 Å². The maximum atomic E-state index is 13.0. The summed E-state index contributed by atoms with van der Waals surface area (Å²) in [6, 6.07) is 19.8. The molecule has 0 unspecified atom stereocenters. The number of rotatable bonds is 9. The van der Waals surface area contributed by atoms with Crippen LogP contribution in [0.3, 0.4) is 0 Å². The second-order valence-electron chi connectivity index (χ2n) is 6.94. The molecule has 0 saturated carbocycles. The quantitative estimate of drug-likeness (QED) is 0.329. The number of aromatic nitrogens is 3. The highest BCUT2D eigenvalue weighted by molar-refractivity contribution is 5.94. The highest BCUT2D eigenvalue weighted by Gasteiger charge is 2.07. The Hall–Kier alpha value is -4.53. The molecule has 2 aromatic carbocycles. The number of carbonyl (C=O) groups excluding carboxylic acids is 1. The summed E-state index contributed by atoms with van der Waals surface area (Å²) in [4.78, 5) is 16.5.